The van der Waals surface area contributed by atoms with Gasteiger partial charge in [0.05, 0.1) is 5.69 Å². The molecule has 0 saturated carbocycles. The highest BCUT2D eigenvalue weighted by atomic mass is 16.2. The van der Waals surface area contributed by atoms with Crippen LogP contribution in [0.5, 0.6) is 0 Å². The number of piperidine rings is 1. The Hall–Kier alpha value is -2.67. The number of carbonyl (C=O) groups is 2. The third kappa shape index (κ3) is 5.51. The van der Waals surface area contributed by atoms with E-state index in [2.05, 4.69) is 40.9 Å². The minimum absolute atomic E-state index is 0.150. The molecule has 7 heteroatoms. The number of aryl methyl sites for hydroxylation is 2. The number of benzene rings is 1. The maximum absolute atomic E-state index is 13.8. The molecule has 196 valence electrons. The third-order valence-electron chi connectivity index (χ3n) is 8.34. The van der Waals surface area contributed by atoms with Crippen molar-refractivity contribution in [2.45, 2.75) is 91.3 Å². The summed E-state index contributed by atoms with van der Waals surface area (Å²) in [6, 6.07) is 8.97. The van der Waals surface area contributed by atoms with Crippen molar-refractivity contribution in [2.75, 3.05) is 24.5 Å². The van der Waals surface area contributed by atoms with Crippen molar-refractivity contribution >= 4 is 17.5 Å². The lowest BCUT2D eigenvalue weighted by Crippen LogP contribution is -2.52. The predicted molar refractivity (Wildman–Crippen MR) is 144 cm³/mol. The molecule has 2 aliphatic heterocycles. The molecule has 2 aliphatic rings. The topological polar surface area (TPSA) is 61.7 Å². The fourth-order valence-electron chi connectivity index (χ4n) is 6.28. The van der Waals surface area contributed by atoms with Gasteiger partial charge in [-0.15, -0.1) is 0 Å². The van der Waals surface area contributed by atoms with E-state index < -0.39 is 0 Å². The van der Waals surface area contributed by atoms with Crippen LogP contribution in [0.4, 0.5) is 5.69 Å². The van der Waals surface area contributed by atoms with E-state index in [0.29, 0.717) is 37.9 Å². The number of aromatic nitrogens is 2. The Morgan fingerprint density at radius 3 is 2.47 bits per heavy atom. The number of para-hydroxylation sites is 1. The van der Waals surface area contributed by atoms with Gasteiger partial charge in [-0.1, -0.05) is 38.5 Å². The molecule has 1 aromatic carbocycles. The predicted octanol–water partition coefficient (Wildman–Crippen LogP) is 4.39. The zero-order chi connectivity index (χ0) is 25.8. The first-order valence-corrected chi connectivity index (χ1v) is 13.7. The summed E-state index contributed by atoms with van der Waals surface area (Å²) in [5, 5.41) is 4.53. The number of anilines is 1. The van der Waals surface area contributed by atoms with Crippen LogP contribution in [0.2, 0.25) is 0 Å². The van der Waals surface area contributed by atoms with E-state index in [4.69, 9.17) is 0 Å². The number of nitrogens with zero attached hydrogens (tertiary/aromatic N) is 5. The van der Waals surface area contributed by atoms with Crippen LogP contribution in [0.1, 0.15) is 74.9 Å². The van der Waals surface area contributed by atoms with Crippen LogP contribution in [0.3, 0.4) is 0 Å². The molecule has 0 radical (unpaired) electrons. The Kier molecular flexibility index (Phi) is 8.50. The van der Waals surface area contributed by atoms with Gasteiger partial charge in [0.25, 0.3) is 0 Å². The molecular formula is C29H43N5O2. The van der Waals surface area contributed by atoms with E-state index in [1.807, 2.05) is 42.6 Å². The van der Waals surface area contributed by atoms with Gasteiger partial charge in [0.2, 0.25) is 11.8 Å². The first-order valence-electron chi connectivity index (χ1n) is 13.7. The number of amides is 2. The SMILES string of the molecule is CCC(=O)N1CCC2CCCC(CN(C(=O)CCc3c(C)nn(C)c3C)Cc3ccccc31)N2CC. The number of rotatable bonds is 5. The summed E-state index contributed by atoms with van der Waals surface area (Å²) in [6.45, 7) is 11.2. The number of fused-ring (bicyclic) bond motifs is 3. The molecule has 36 heavy (non-hydrogen) atoms. The zero-order valence-electron chi connectivity index (χ0n) is 22.8. The maximum Gasteiger partial charge on any atom is 0.226 e. The molecule has 2 bridgehead atoms. The van der Waals surface area contributed by atoms with Crippen molar-refractivity contribution in [2.24, 2.45) is 7.05 Å². The number of hydrogen-bond acceptors (Lipinski definition) is 4. The fourth-order valence-corrected chi connectivity index (χ4v) is 6.28. The van der Waals surface area contributed by atoms with Gasteiger partial charge in [0, 0.05) is 63.0 Å². The molecule has 0 aliphatic carbocycles. The monoisotopic (exact) mass is 493 g/mol. The van der Waals surface area contributed by atoms with E-state index in [0.717, 1.165) is 61.5 Å². The van der Waals surface area contributed by atoms with Crippen LogP contribution >= 0.6 is 0 Å². The summed E-state index contributed by atoms with van der Waals surface area (Å²) in [5.74, 6) is 0.329. The lowest BCUT2D eigenvalue weighted by molar-refractivity contribution is -0.133. The standard InChI is InChI=1S/C29H43N5O2/c1-6-28(35)34-18-17-24-12-10-13-25(33(24)7-2)20-32(19-23-11-8-9-14-27(23)34)29(36)16-15-26-21(3)30-31(5)22(26)4/h8-9,11,14,24-25H,6-7,10,12-13,15-20H2,1-5H3. The van der Waals surface area contributed by atoms with E-state index in [9.17, 15) is 9.59 Å². The molecule has 3 heterocycles. The Morgan fingerprint density at radius 1 is 1.03 bits per heavy atom. The highest BCUT2D eigenvalue weighted by Gasteiger charge is 2.33. The lowest BCUT2D eigenvalue weighted by Gasteiger charge is -2.43. The van der Waals surface area contributed by atoms with Gasteiger partial charge in [0.15, 0.2) is 0 Å². The molecular weight excluding hydrogens is 450 g/mol. The number of hydrogen-bond donors (Lipinski definition) is 0. The van der Waals surface area contributed by atoms with E-state index >= 15 is 0 Å². The second-order valence-electron chi connectivity index (χ2n) is 10.4. The summed E-state index contributed by atoms with van der Waals surface area (Å²) in [4.78, 5) is 33.5. The molecule has 2 unspecified atom stereocenters. The van der Waals surface area contributed by atoms with Gasteiger partial charge in [-0.05, 0) is 63.3 Å². The van der Waals surface area contributed by atoms with Crippen molar-refractivity contribution < 1.29 is 9.59 Å². The molecule has 1 fully saturated rings. The number of likely N-dealkylation sites (N-methyl/N-ethyl adjacent to an activating group) is 1. The van der Waals surface area contributed by atoms with Crippen molar-refractivity contribution in [3.8, 4) is 0 Å². The van der Waals surface area contributed by atoms with Crippen molar-refractivity contribution in [3.05, 3.63) is 46.8 Å². The van der Waals surface area contributed by atoms with Gasteiger partial charge in [-0.3, -0.25) is 19.2 Å². The normalized spacial score (nSPS) is 21.1. The molecule has 4 rings (SSSR count). The molecule has 2 amide bonds. The lowest BCUT2D eigenvalue weighted by atomic mass is 9.93. The number of carbonyl (C=O) groups excluding carboxylic acids is 2. The van der Waals surface area contributed by atoms with Gasteiger partial charge >= 0.3 is 0 Å². The van der Waals surface area contributed by atoms with Gasteiger partial charge in [0.1, 0.15) is 0 Å². The molecule has 0 spiro atoms. The minimum Gasteiger partial charge on any atom is -0.337 e. The largest absolute Gasteiger partial charge is 0.337 e. The first-order chi connectivity index (χ1) is 17.3. The van der Waals surface area contributed by atoms with Crippen LogP contribution in [0.25, 0.3) is 0 Å². The summed E-state index contributed by atoms with van der Waals surface area (Å²) >= 11 is 0. The van der Waals surface area contributed by atoms with Gasteiger partial charge in [-0.25, -0.2) is 0 Å². The fraction of sp³-hybridized carbons (Fsp3) is 0.621. The molecule has 1 saturated heterocycles. The van der Waals surface area contributed by atoms with E-state index in [1.54, 1.807) is 0 Å². The molecule has 7 nitrogen and oxygen atoms in total. The van der Waals surface area contributed by atoms with Crippen LogP contribution in [0, 0.1) is 13.8 Å². The van der Waals surface area contributed by atoms with E-state index in [-0.39, 0.29) is 11.8 Å². The average molecular weight is 494 g/mol. The minimum atomic E-state index is 0.150. The molecule has 2 atom stereocenters. The quantitative estimate of drug-likeness (QED) is 0.620. The van der Waals surface area contributed by atoms with Crippen molar-refractivity contribution in [1.29, 1.82) is 0 Å². The Labute approximate surface area is 216 Å². The van der Waals surface area contributed by atoms with Crippen LogP contribution < -0.4 is 4.90 Å². The Bertz CT molecular complexity index is 1080. The highest BCUT2D eigenvalue weighted by molar-refractivity contribution is 5.94. The Morgan fingerprint density at radius 2 is 1.78 bits per heavy atom. The first kappa shape index (κ1) is 26.4. The summed E-state index contributed by atoms with van der Waals surface area (Å²) in [5.41, 5.74) is 5.33. The van der Waals surface area contributed by atoms with Crippen LogP contribution in [-0.2, 0) is 29.6 Å². The van der Waals surface area contributed by atoms with Crippen LogP contribution in [-0.4, -0.2) is 63.1 Å². The molecule has 1 aromatic heterocycles. The molecule has 0 N–H and O–H groups in total. The smallest absolute Gasteiger partial charge is 0.226 e. The summed E-state index contributed by atoms with van der Waals surface area (Å²) < 4.78 is 1.90. The van der Waals surface area contributed by atoms with E-state index in [1.165, 1.54) is 12.0 Å². The summed E-state index contributed by atoms with van der Waals surface area (Å²) in [6.07, 6.45) is 6.07. The van der Waals surface area contributed by atoms with Gasteiger partial charge < -0.3 is 9.80 Å². The molecule has 2 aromatic rings. The van der Waals surface area contributed by atoms with Crippen molar-refractivity contribution in [1.82, 2.24) is 19.6 Å². The zero-order valence-corrected chi connectivity index (χ0v) is 22.8. The summed E-state index contributed by atoms with van der Waals surface area (Å²) in [7, 11) is 1.96. The third-order valence-corrected chi connectivity index (χ3v) is 8.34. The second kappa shape index (κ2) is 11.6. The van der Waals surface area contributed by atoms with Crippen LogP contribution in [0.15, 0.2) is 24.3 Å². The highest BCUT2D eigenvalue weighted by Crippen LogP contribution is 2.31. The maximum atomic E-state index is 13.8. The van der Waals surface area contributed by atoms with Gasteiger partial charge in [-0.2, -0.15) is 5.10 Å². The second-order valence-corrected chi connectivity index (χ2v) is 10.4. The average Bonchev–Trinajstić information content (AvgIpc) is 3.12. The Balaban J connectivity index is 1.66. The van der Waals surface area contributed by atoms with Crippen molar-refractivity contribution in [3.63, 3.8) is 0 Å².